The molecule has 0 bridgehead atoms. The molecule has 0 saturated heterocycles. The van der Waals surface area contributed by atoms with Crippen molar-refractivity contribution in [2.24, 2.45) is 0 Å². The van der Waals surface area contributed by atoms with Gasteiger partial charge in [0.15, 0.2) is 0 Å². The maximum absolute atomic E-state index is 10.4. The summed E-state index contributed by atoms with van der Waals surface area (Å²) in [6.45, 7) is 11.7. The summed E-state index contributed by atoms with van der Waals surface area (Å²) in [5.74, 6) is 0. The van der Waals surface area contributed by atoms with Crippen LogP contribution in [0.25, 0.3) is 0 Å². The lowest BCUT2D eigenvalue weighted by Gasteiger charge is -2.32. The number of hydrogen-bond acceptors (Lipinski definition) is 6. The fraction of sp³-hybridized carbons (Fsp3) is 1.00. The highest BCUT2D eigenvalue weighted by Crippen LogP contribution is 2.12. The van der Waals surface area contributed by atoms with Crippen LogP contribution in [-0.4, -0.2) is 139 Å². The van der Waals surface area contributed by atoms with Gasteiger partial charge in [-0.05, 0) is 25.7 Å². The Morgan fingerprint density at radius 1 is 0.413 bits per heavy atom. The summed E-state index contributed by atoms with van der Waals surface area (Å²) in [4.78, 5) is 0. The Hall–Kier alpha value is 0.640. The van der Waals surface area contributed by atoms with Crippen molar-refractivity contribution < 1.29 is 72.1 Å². The second-order valence-electron chi connectivity index (χ2n) is 14.3. The first-order valence-electron chi connectivity index (χ1n) is 18.4. The number of rotatable bonds is 35. The van der Waals surface area contributed by atoms with Gasteiger partial charge in [0, 0.05) is 0 Å². The van der Waals surface area contributed by atoms with E-state index in [1.807, 2.05) is 0 Å². The van der Waals surface area contributed by atoms with E-state index >= 15 is 0 Å². The Balaban J connectivity index is -0.00000924. The van der Waals surface area contributed by atoms with E-state index in [4.69, 9.17) is 18.9 Å². The minimum Gasteiger partial charge on any atom is -1.00 e. The first-order chi connectivity index (χ1) is 21.1. The number of likely N-dealkylation sites (N-methyl/N-ethyl adjacent to an activating group) is 2. The molecule has 0 aromatic heterocycles. The fourth-order valence-electron chi connectivity index (χ4n) is 5.77. The van der Waals surface area contributed by atoms with E-state index in [2.05, 4.69) is 42.0 Å². The number of halogens is 2. The predicted octanol–water partition coefficient (Wildman–Crippen LogP) is 0.217. The van der Waals surface area contributed by atoms with E-state index in [-0.39, 0.29) is 34.0 Å². The number of aliphatic hydroxyl groups is 2. The number of hydrogen-bond donors (Lipinski definition) is 2. The number of nitrogens with zero attached hydrogens (tertiary/aromatic N) is 2. The average Bonchev–Trinajstić information content (AvgIpc) is 2.95. The molecule has 0 aliphatic heterocycles. The fourth-order valence-corrected chi connectivity index (χ4v) is 5.77. The van der Waals surface area contributed by atoms with E-state index in [1.54, 1.807) is 0 Å². The standard InChI is InChI=1S/C36H78N2O6.2BrH/c1-7-9-11-13-15-17-19-21-23-37(3,4)31-35(39)33-43-29-27-41-25-26-42-28-30-44-34-36(40)32-38(5,6)24-22-20-18-16-14-12-10-8-2;;/h35-36,39-40H,7-34H2,1-6H3;2*1H/q+2;;/p-2. The van der Waals surface area contributed by atoms with Crippen molar-refractivity contribution in [3.63, 3.8) is 0 Å². The number of ether oxygens (including phenoxy) is 4. The van der Waals surface area contributed by atoms with Gasteiger partial charge in [-0.1, -0.05) is 90.9 Å². The summed E-state index contributed by atoms with van der Waals surface area (Å²) >= 11 is 0. The van der Waals surface area contributed by atoms with Gasteiger partial charge >= 0.3 is 0 Å². The molecular weight excluding hydrogens is 716 g/mol. The van der Waals surface area contributed by atoms with Crippen molar-refractivity contribution in [1.82, 2.24) is 0 Å². The van der Waals surface area contributed by atoms with Crippen LogP contribution in [0.15, 0.2) is 0 Å². The molecule has 0 rings (SSSR count). The smallest absolute Gasteiger partial charge is 0.126 e. The largest absolute Gasteiger partial charge is 1.00 e. The van der Waals surface area contributed by atoms with E-state index in [0.717, 1.165) is 22.1 Å². The first-order valence-corrected chi connectivity index (χ1v) is 18.4. The van der Waals surface area contributed by atoms with Crippen LogP contribution in [0.5, 0.6) is 0 Å². The van der Waals surface area contributed by atoms with Crippen LogP contribution < -0.4 is 34.0 Å². The molecule has 2 unspecified atom stereocenters. The molecule has 2 atom stereocenters. The van der Waals surface area contributed by atoms with Crippen LogP contribution in [0.1, 0.15) is 117 Å². The summed E-state index contributed by atoms with van der Waals surface area (Å²) in [5.41, 5.74) is 0. The molecule has 0 saturated carbocycles. The lowest BCUT2D eigenvalue weighted by atomic mass is 10.1. The van der Waals surface area contributed by atoms with Crippen molar-refractivity contribution >= 4 is 0 Å². The molecule has 2 N–H and O–H groups in total. The van der Waals surface area contributed by atoms with Gasteiger partial charge in [0.2, 0.25) is 0 Å². The van der Waals surface area contributed by atoms with Crippen LogP contribution in [-0.2, 0) is 18.9 Å². The average molecular weight is 795 g/mol. The summed E-state index contributed by atoms with van der Waals surface area (Å²) in [5, 5.41) is 20.8. The van der Waals surface area contributed by atoms with Crippen LogP contribution in [0, 0.1) is 0 Å². The van der Waals surface area contributed by atoms with Crippen molar-refractivity contribution in [2.45, 2.75) is 129 Å². The zero-order valence-electron chi connectivity index (χ0n) is 31.1. The van der Waals surface area contributed by atoms with Gasteiger partial charge in [-0.15, -0.1) is 0 Å². The van der Waals surface area contributed by atoms with Crippen molar-refractivity contribution in [2.75, 3.05) is 107 Å². The number of aliphatic hydroxyl groups excluding tert-OH is 2. The molecule has 0 aromatic carbocycles. The van der Waals surface area contributed by atoms with E-state index < -0.39 is 12.2 Å². The van der Waals surface area contributed by atoms with Gasteiger partial charge in [-0.3, -0.25) is 0 Å². The highest BCUT2D eigenvalue weighted by molar-refractivity contribution is 4.55. The molecule has 0 spiro atoms. The summed E-state index contributed by atoms with van der Waals surface area (Å²) < 4.78 is 24.1. The maximum atomic E-state index is 10.4. The summed E-state index contributed by atoms with van der Waals surface area (Å²) in [6, 6.07) is 0. The van der Waals surface area contributed by atoms with Crippen LogP contribution in [0.4, 0.5) is 0 Å². The predicted molar refractivity (Wildman–Crippen MR) is 184 cm³/mol. The Bertz CT molecular complexity index is 555. The maximum Gasteiger partial charge on any atom is 0.126 e. The van der Waals surface area contributed by atoms with Crippen LogP contribution in [0.2, 0.25) is 0 Å². The van der Waals surface area contributed by atoms with Crippen molar-refractivity contribution in [3.05, 3.63) is 0 Å². The third-order valence-electron chi connectivity index (χ3n) is 8.38. The molecule has 0 fully saturated rings. The molecule has 46 heavy (non-hydrogen) atoms. The SMILES string of the molecule is CCCCCCCCCC[N+](C)(C)CC(O)COCCOCCOCCOCC(O)C[N+](C)(C)CCCCCCCCCC.[Br-].[Br-]. The number of quaternary nitrogens is 2. The first kappa shape index (κ1) is 51.0. The minimum atomic E-state index is -0.458. The summed E-state index contributed by atoms with van der Waals surface area (Å²) in [6.07, 6.45) is 20.3. The topological polar surface area (TPSA) is 77.4 Å². The quantitative estimate of drug-likeness (QED) is 0.0708. The van der Waals surface area contributed by atoms with Gasteiger partial charge in [-0.25, -0.2) is 0 Å². The molecule has 0 aliphatic rings. The third kappa shape index (κ3) is 37.5. The molecule has 0 amide bonds. The van der Waals surface area contributed by atoms with E-state index in [9.17, 15) is 10.2 Å². The van der Waals surface area contributed by atoms with Gasteiger partial charge in [0.05, 0.1) is 94.1 Å². The summed E-state index contributed by atoms with van der Waals surface area (Å²) in [7, 11) is 8.78. The van der Waals surface area contributed by atoms with Gasteiger partial charge in [0.1, 0.15) is 25.3 Å². The van der Waals surface area contributed by atoms with E-state index in [0.29, 0.717) is 65.9 Å². The molecule has 10 heteroatoms. The Morgan fingerprint density at radius 2 is 0.674 bits per heavy atom. The van der Waals surface area contributed by atoms with Crippen LogP contribution in [0.3, 0.4) is 0 Å². The minimum absolute atomic E-state index is 0. The second-order valence-corrected chi connectivity index (χ2v) is 14.3. The van der Waals surface area contributed by atoms with Gasteiger partial charge in [0.25, 0.3) is 0 Å². The molecule has 0 heterocycles. The zero-order valence-corrected chi connectivity index (χ0v) is 34.3. The molecule has 0 aliphatic carbocycles. The highest BCUT2D eigenvalue weighted by atomic mass is 79.9. The Labute approximate surface area is 307 Å². The van der Waals surface area contributed by atoms with Gasteiger partial charge in [-0.2, -0.15) is 0 Å². The second kappa shape index (κ2) is 35.5. The lowest BCUT2D eigenvalue weighted by Crippen LogP contribution is -3.00. The van der Waals surface area contributed by atoms with Crippen molar-refractivity contribution in [3.8, 4) is 0 Å². The molecule has 282 valence electrons. The number of unbranched alkanes of at least 4 members (excludes halogenated alkanes) is 14. The molecule has 0 aromatic rings. The highest BCUT2D eigenvalue weighted by Gasteiger charge is 2.21. The molecule has 8 nitrogen and oxygen atoms in total. The Morgan fingerprint density at radius 3 is 0.978 bits per heavy atom. The lowest BCUT2D eigenvalue weighted by molar-refractivity contribution is -0.893. The van der Waals surface area contributed by atoms with E-state index in [1.165, 1.54) is 103 Å². The molecule has 0 radical (unpaired) electrons. The van der Waals surface area contributed by atoms with Crippen molar-refractivity contribution in [1.29, 1.82) is 0 Å². The van der Waals surface area contributed by atoms with Gasteiger partial charge < -0.3 is 72.1 Å². The van der Waals surface area contributed by atoms with Crippen LogP contribution >= 0.6 is 0 Å². The normalized spacial score (nSPS) is 13.3. The Kier molecular flexibility index (Phi) is 39.3. The third-order valence-corrected chi connectivity index (χ3v) is 8.38. The molecular formula is C36H78Br2N2O6. The monoisotopic (exact) mass is 792 g/mol. The zero-order chi connectivity index (χ0) is 32.8.